The van der Waals surface area contributed by atoms with Crippen molar-refractivity contribution in [2.45, 2.75) is 88.9 Å². The van der Waals surface area contributed by atoms with E-state index < -0.39 is 23.8 Å². The summed E-state index contributed by atoms with van der Waals surface area (Å²) in [6.07, 6.45) is 8.70. The molecule has 2 aromatic heterocycles. The number of aromatic amines is 2. The van der Waals surface area contributed by atoms with Gasteiger partial charge in [0.1, 0.15) is 23.2 Å². The first kappa shape index (κ1) is 37.6. The summed E-state index contributed by atoms with van der Waals surface area (Å²) < 4.78 is 9.61. The van der Waals surface area contributed by atoms with E-state index in [2.05, 4.69) is 74.1 Å². The van der Waals surface area contributed by atoms with Crippen molar-refractivity contribution in [3.05, 3.63) is 72.6 Å². The van der Waals surface area contributed by atoms with Crippen LogP contribution in [-0.2, 0) is 19.1 Å². The summed E-state index contributed by atoms with van der Waals surface area (Å²) >= 11 is 0. The summed E-state index contributed by atoms with van der Waals surface area (Å²) in [4.78, 5) is 71.5. The third-order valence-corrected chi connectivity index (χ3v) is 11.4. The standard InChI is InChI=1S/C41H50N8O6/c1-25(2)34(46-39(52)54-3)37(50)48-21-7-9-32(48)35-42-23-30(44-35)28-15-11-26(12-16-28)27-13-17-29(18-14-27)31-24-43-36(45-31)33-10-8-22-49(33)38(51)41(19-5-6-20-41)47-40(53)55-4/h11-18,23-25,32-34H,5-10,19-22H2,1-4H3,(H,42,44)(H,43,45)(H,46,52)(H,47,53)/t32?,33-,34-/m0/s1. The monoisotopic (exact) mass is 750 g/mol. The molecule has 14 nitrogen and oxygen atoms in total. The summed E-state index contributed by atoms with van der Waals surface area (Å²) in [5, 5.41) is 5.56. The van der Waals surface area contributed by atoms with Crippen molar-refractivity contribution in [1.29, 1.82) is 0 Å². The number of carbonyl (C=O) groups is 4. The van der Waals surface area contributed by atoms with E-state index in [1.165, 1.54) is 14.2 Å². The molecule has 55 heavy (non-hydrogen) atoms. The molecule has 0 spiro atoms. The average molecular weight is 751 g/mol. The van der Waals surface area contributed by atoms with E-state index >= 15 is 0 Å². The van der Waals surface area contributed by atoms with Crippen LogP contribution in [-0.4, -0.2) is 92.6 Å². The molecular weight excluding hydrogens is 701 g/mol. The number of imidazole rings is 2. The highest BCUT2D eigenvalue weighted by Gasteiger charge is 2.48. The van der Waals surface area contributed by atoms with Crippen molar-refractivity contribution in [2.24, 2.45) is 5.92 Å². The number of ether oxygens (including phenoxy) is 2. The van der Waals surface area contributed by atoms with E-state index in [1.807, 2.05) is 29.8 Å². The number of nitrogens with zero attached hydrogens (tertiary/aromatic N) is 4. The van der Waals surface area contributed by atoms with Crippen molar-refractivity contribution in [1.82, 2.24) is 40.4 Å². The fourth-order valence-corrected chi connectivity index (χ4v) is 8.37. The number of aromatic nitrogens is 4. The van der Waals surface area contributed by atoms with Crippen molar-refractivity contribution in [3.8, 4) is 33.6 Å². The number of carbonyl (C=O) groups excluding carboxylic acids is 4. The summed E-state index contributed by atoms with van der Waals surface area (Å²) in [7, 11) is 2.61. The molecular formula is C41H50N8O6. The Morgan fingerprint density at radius 3 is 1.67 bits per heavy atom. The third kappa shape index (κ3) is 7.67. The molecule has 2 aromatic carbocycles. The SMILES string of the molecule is COC(=O)N[C@H](C(=O)N1CCCC1c1ncc(-c2ccc(-c3ccc(-c4cnc([C@@H]5CCCN5C(=O)C5(NC(=O)OC)CCCC5)[nH]4)cc3)cc2)[nH]1)C(C)C. The van der Waals surface area contributed by atoms with Gasteiger partial charge in [0.15, 0.2) is 0 Å². The minimum Gasteiger partial charge on any atom is -0.453 e. The molecule has 4 N–H and O–H groups in total. The number of rotatable bonds is 10. The zero-order chi connectivity index (χ0) is 38.7. The van der Waals surface area contributed by atoms with Gasteiger partial charge in [0.2, 0.25) is 11.8 Å². The maximum Gasteiger partial charge on any atom is 0.407 e. The van der Waals surface area contributed by atoms with Crippen LogP contribution < -0.4 is 10.6 Å². The van der Waals surface area contributed by atoms with Crippen LogP contribution in [0, 0.1) is 5.92 Å². The molecule has 0 bridgehead atoms. The Labute approximate surface area is 320 Å². The van der Waals surface area contributed by atoms with Gasteiger partial charge in [-0.3, -0.25) is 9.59 Å². The highest BCUT2D eigenvalue weighted by molar-refractivity contribution is 5.91. The van der Waals surface area contributed by atoms with Gasteiger partial charge in [-0.1, -0.05) is 75.2 Å². The molecule has 4 heterocycles. The fraction of sp³-hybridized carbons (Fsp3) is 0.463. The molecule has 2 saturated heterocycles. The molecule has 1 aliphatic carbocycles. The predicted octanol–water partition coefficient (Wildman–Crippen LogP) is 6.51. The molecule has 3 aliphatic rings. The number of nitrogens with one attached hydrogen (secondary N) is 4. The predicted molar refractivity (Wildman–Crippen MR) is 205 cm³/mol. The second-order valence-electron chi connectivity index (χ2n) is 15.1. The van der Waals surface area contributed by atoms with Gasteiger partial charge < -0.3 is 39.9 Å². The largest absolute Gasteiger partial charge is 0.453 e. The molecule has 3 fully saturated rings. The smallest absolute Gasteiger partial charge is 0.407 e. The molecule has 290 valence electrons. The van der Waals surface area contributed by atoms with Gasteiger partial charge in [-0.05, 0) is 66.7 Å². The Balaban J connectivity index is 1.00. The zero-order valence-electron chi connectivity index (χ0n) is 31.9. The van der Waals surface area contributed by atoms with Crippen LogP contribution in [0.1, 0.15) is 88.9 Å². The molecule has 7 rings (SSSR count). The number of amides is 4. The quantitative estimate of drug-likeness (QED) is 0.142. The van der Waals surface area contributed by atoms with Gasteiger partial charge >= 0.3 is 12.2 Å². The van der Waals surface area contributed by atoms with Crippen LogP contribution in [0.5, 0.6) is 0 Å². The highest BCUT2D eigenvalue weighted by Crippen LogP contribution is 2.39. The lowest BCUT2D eigenvalue weighted by molar-refractivity contribution is -0.139. The van der Waals surface area contributed by atoms with E-state index in [4.69, 9.17) is 14.5 Å². The minimum atomic E-state index is -0.927. The molecule has 0 radical (unpaired) electrons. The molecule has 4 amide bonds. The van der Waals surface area contributed by atoms with E-state index in [1.54, 1.807) is 6.20 Å². The molecule has 1 saturated carbocycles. The molecule has 3 atom stereocenters. The summed E-state index contributed by atoms with van der Waals surface area (Å²) in [6, 6.07) is 15.5. The van der Waals surface area contributed by atoms with Crippen molar-refractivity contribution >= 4 is 24.0 Å². The lowest BCUT2D eigenvalue weighted by atomic mass is 9.95. The van der Waals surface area contributed by atoms with Gasteiger partial charge in [0.05, 0.1) is 50.1 Å². The van der Waals surface area contributed by atoms with Gasteiger partial charge in [0.25, 0.3) is 0 Å². The van der Waals surface area contributed by atoms with E-state index in [-0.39, 0.29) is 29.8 Å². The van der Waals surface area contributed by atoms with Gasteiger partial charge in [-0.2, -0.15) is 0 Å². The maximum absolute atomic E-state index is 13.9. The zero-order valence-corrected chi connectivity index (χ0v) is 31.9. The molecule has 14 heteroatoms. The summed E-state index contributed by atoms with van der Waals surface area (Å²) in [5.74, 6) is 1.17. The first-order valence-corrected chi connectivity index (χ1v) is 19.2. The molecule has 1 unspecified atom stereocenters. The van der Waals surface area contributed by atoms with Gasteiger partial charge in [0, 0.05) is 13.1 Å². The number of H-pyrrole nitrogens is 2. The first-order valence-electron chi connectivity index (χ1n) is 19.2. The lowest BCUT2D eigenvalue weighted by Gasteiger charge is -2.35. The Morgan fingerprint density at radius 2 is 1.18 bits per heavy atom. The second-order valence-corrected chi connectivity index (χ2v) is 15.1. The van der Waals surface area contributed by atoms with Crippen LogP contribution in [0.4, 0.5) is 9.59 Å². The summed E-state index contributed by atoms with van der Waals surface area (Å²) in [6.45, 7) is 5.02. The van der Waals surface area contributed by atoms with Gasteiger partial charge in [-0.25, -0.2) is 19.6 Å². The lowest BCUT2D eigenvalue weighted by Crippen LogP contribution is -2.58. The minimum absolute atomic E-state index is 0.0576. The highest BCUT2D eigenvalue weighted by atomic mass is 16.5. The maximum atomic E-state index is 13.9. The van der Waals surface area contributed by atoms with Crippen molar-refractivity contribution < 1.29 is 28.7 Å². The molecule has 4 aromatic rings. The number of hydrogen-bond acceptors (Lipinski definition) is 8. The van der Waals surface area contributed by atoms with Crippen LogP contribution >= 0.6 is 0 Å². The summed E-state index contributed by atoms with van der Waals surface area (Å²) in [5.41, 5.74) is 4.90. The Kier molecular flexibility index (Phi) is 10.9. The Morgan fingerprint density at radius 1 is 0.709 bits per heavy atom. The van der Waals surface area contributed by atoms with Crippen LogP contribution in [0.25, 0.3) is 33.6 Å². The van der Waals surface area contributed by atoms with Crippen LogP contribution in [0.3, 0.4) is 0 Å². The van der Waals surface area contributed by atoms with Crippen molar-refractivity contribution in [3.63, 3.8) is 0 Å². The average Bonchev–Trinajstić information content (AvgIpc) is 4.06. The first-order chi connectivity index (χ1) is 26.6. The fourth-order valence-electron chi connectivity index (χ4n) is 8.37. The van der Waals surface area contributed by atoms with Crippen LogP contribution in [0.2, 0.25) is 0 Å². The molecule has 2 aliphatic heterocycles. The van der Waals surface area contributed by atoms with Gasteiger partial charge in [-0.15, -0.1) is 0 Å². The number of likely N-dealkylation sites (tertiary alicyclic amines) is 2. The van der Waals surface area contributed by atoms with E-state index in [0.29, 0.717) is 25.9 Å². The number of methoxy groups -OCH3 is 2. The number of hydrogen-bond donors (Lipinski definition) is 4. The Hall–Kier alpha value is -5.66. The topological polar surface area (TPSA) is 175 Å². The van der Waals surface area contributed by atoms with Crippen molar-refractivity contribution in [2.75, 3.05) is 27.3 Å². The third-order valence-electron chi connectivity index (χ3n) is 11.4. The second kappa shape index (κ2) is 16.0. The Bertz CT molecular complexity index is 2000. The number of benzene rings is 2. The normalized spacial score (nSPS) is 19.7. The van der Waals surface area contributed by atoms with E-state index in [0.717, 1.165) is 83.8 Å². The van der Waals surface area contributed by atoms with E-state index in [9.17, 15) is 19.2 Å². The number of alkyl carbamates (subject to hydrolysis) is 2. The van der Waals surface area contributed by atoms with Crippen LogP contribution in [0.15, 0.2) is 60.9 Å².